The molecule has 0 unspecified atom stereocenters. The normalized spacial score (nSPS) is 21.4. The van der Waals surface area contributed by atoms with Crippen molar-refractivity contribution in [1.82, 2.24) is 25.1 Å². The van der Waals surface area contributed by atoms with Crippen LogP contribution in [0.4, 0.5) is 0 Å². The Hall–Kier alpha value is -3.29. The summed E-state index contributed by atoms with van der Waals surface area (Å²) in [6.45, 7) is 2.73. The second-order valence-electron chi connectivity index (χ2n) is 9.62. The van der Waals surface area contributed by atoms with E-state index in [9.17, 15) is 0 Å². The summed E-state index contributed by atoms with van der Waals surface area (Å²) >= 11 is 0. The van der Waals surface area contributed by atoms with E-state index in [-0.39, 0.29) is 0 Å². The zero-order chi connectivity index (χ0) is 22.6. The van der Waals surface area contributed by atoms with Gasteiger partial charge in [0.1, 0.15) is 22.7 Å². The first kappa shape index (κ1) is 20.1. The quantitative estimate of drug-likeness (QED) is 0.489. The maximum atomic E-state index is 5.75. The molecule has 7 nitrogen and oxygen atoms in total. The van der Waals surface area contributed by atoms with Crippen molar-refractivity contribution in [3.8, 4) is 28.3 Å². The number of aryl methyl sites for hydroxylation is 1. The predicted octanol–water partition coefficient (Wildman–Crippen LogP) is 4.16. The highest BCUT2D eigenvalue weighted by molar-refractivity contribution is 5.93. The number of pyridine rings is 2. The zero-order valence-corrected chi connectivity index (χ0v) is 19.3. The van der Waals surface area contributed by atoms with Crippen LogP contribution in [-0.4, -0.2) is 57.5 Å². The van der Waals surface area contributed by atoms with Gasteiger partial charge in [0.15, 0.2) is 0 Å². The van der Waals surface area contributed by atoms with Gasteiger partial charge in [-0.15, -0.1) is 0 Å². The number of aromatic nitrogens is 4. The lowest BCUT2D eigenvalue weighted by Gasteiger charge is -2.26. The lowest BCUT2D eigenvalue weighted by molar-refractivity contribution is 0.0268. The van der Waals surface area contributed by atoms with Crippen molar-refractivity contribution >= 4 is 11.0 Å². The Labute approximate surface area is 198 Å². The topological polar surface area (TPSA) is 76.2 Å². The van der Waals surface area contributed by atoms with Gasteiger partial charge in [0.25, 0.3) is 0 Å². The fourth-order valence-electron chi connectivity index (χ4n) is 5.86. The first-order valence-corrected chi connectivity index (χ1v) is 12.1. The van der Waals surface area contributed by atoms with E-state index in [0.717, 1.165) is 78.4 Å². The SMILES string of the molecule is COc1cc2[nH]nc(-c3ccc(CN4C[C@H]5C[C@@H]4CO5)nc3)c2nc1-c1cccc2c1CCC2. The first-order valence-electron chi connectivity index (χ1n) is 12.1. The molecular formula is C27H27N5O2. The Morgan fingerprint density at radius 3 is 2.94 bits per heavy atom. The number of morpholine rings is 1. The highest BCUT2D eigenvalue weighted by Crippen LogP contribution is 2.38. The second-order valence-corrected chi connectivity index (χ2v) is 9.62. The minimum absolute atomic E-state index is 0.405. The summed E-state index contributed by atoms with van der Waals surface area (Å²) in [6.07, 6.45) is 6.89. The van der Waals surface area contributed by atoms with Crippen LogP contribution in [0.2, 0.25) is 0 Å². The molecule has 3 aromatic heterocycles. The number of nitrogens with zero attached hydrogens (tertiary/aromatic N) is 4. The monoisotopic (exact) mass is 453 g/mol. The van der Waals surface area contributed by atoms with Crippen LogP contribution < -0.4 is 4.74 Å². The van der Waals surface area contributed by atoms with E-state index < -0.39 is 0 Å². The number of hydrogen-bond donors (Lipinski definition) is 1. The van der Waals surface area contributed by atoms with Crippen molar-refractivity contribution in [3.05, 3.63) is 59.4 Å². The fraction of sp³-hybridized carbons (Fsp3) is 0.370. The van der Waals surface area contributed by atoms with Crippen molar-refractivity contribution in [2.24, 2.45) is 0 Å². The highest BCUT2D eigenvalue weighted by Gasteiger charge is 2.38. The molecule has 0 radical (unpaired) electrons. The lowest BCUT2D eigenvalue weighted by atomic mass is 9.99. The van der Waals surface area contributed by atoms with E-state index in [1.54, 1.807) is 7.11 Å². The van der Waals surface area contributed by atoms with Gasteiger partial charge < -0.3 is 9.47 Å². The molecule has 5 heterocycles. The van der Waals surface area contributed by atoms with Gasteiger partial charge >= 0.3 is 0 Å². The highest BCUT2D eigenvalue weighted by atomic mass is 16.5. The molecule has 2 bridgehead atoms. The predicted molar refractivity (Wildman–Crippen MR) is 130 cm³/mol. The average molecular weight is 454 g/mol. The summed E-state index contributed by atoms with van der Waals surface area (Å²) in [7, 11) is 1.70. The van der Waals surface area contributed by atoms with Crippen LogP contribution in [-0.2, 0) is 24.1 Å². The number of nitrogens with one attached hydrogen (secondary N) is 1. The van der Waals surface area contributed by atoms with E-state index >= 15 is 0 Å². The van der Waals surface area contributed by atoms with E-state index in [1.807, 2.05) is 12.3 Å². The Morgan fingerprint density at radius 2 is 2.15 bits per heavy atom. The molecule has 0 spiro atoms. The van der Waals surface area contributed by atoms with E-state index in [1.165, 1.54) is 23.1 Å². The Kier molecular flexibility index (Phi) is 4.67. The second kappa shape index (κ2) is 7.89. The smallest absolute Gasteiger partial charge is 0.147 e. The number of likely N-dealkylation sites (tertiary alicyclic amines) is 1. The van der Waals surface area contributed by atoms with Crippen molar-refractivity contribution in [2.75, 3.05) is 20.3 Å². The lowest BCUT2D eigenvalue weighted by Crippen LogP contribution is -2.36. The number of hydrogen-bond acceptors (Lipinski definition) is 6. The Balaban J connectivity index is 1.24. The van der Waals surface area contributed by atoms with E-state index in [0.29, 0.717) is 12.1 Å². The standard InChI is InChI=1S/C27H27N5O2/c1-33-24-11-23-27(29-26(24)22-7-3-5-16-4-2-6-21(16)22)25(31-30-23)17-8-9-18(28-12-17)13-32-14-20-10-19(32)15-34-20/h3,5,7-9,11-12,19-20H,2,4,6,10,13-15H2,1H3,(H,30,31)/t19-,20-/m1/s1. The maximum absolute atomic E-state index is 5.75. The summed E-state index contributed by atoms with van der Waals surface area (Å²) < 4.78 is 11.5. The molecular weight excluding hydrogens is 426 g/mol. The molecule has 1 aromatic carbocycles. The summed E-state index contributed by atoms with van der Waals surface area (Å²) in [5, 5.41) is 7.74. The van der Waals surface area contributed by atoms with Gasteiger partial charge in [-0.1, -0.05) is 18.2 Å². The van der Waals surface area contributed by atoms with Gasteiger partial charge in [0.2, 0.25) is 0 Å². The minimum atomic E-state index is 0.405. The van der Waals surface area contributed by atoms with Crippen LogP contribution in [0, 0.1) is 0 Å². The number of methoxy groups -OCH3 is 1. The molecule has 0 saturated carbocycles. The number of benzene rings is 1. The van der Waals surface area contributed by atoms with Gasteiger partial charge in [-0.25, -0.2) is 4.98 Å². The zero-order valence-electron chi connectivity index (χ0n) is 19.3. The largest absolute Gasteiger partial charge is 0.494 e. The first-order chi connectivity index (χ1) is 16.8. The number of aromatic amines is 1. The maximum Gasteiger partial charge on any atom is 0.147 e. The molecule has 7 rings (SSSR count). The molecule has 172 valence electrons. The number of rotatable bonds is 5. The van der Waals surface area contributed by atoms with Crippen LogP contribution in [0.1, 0.15) is 29.7 Å². The third-order valence-electron chi connectivity index (χ3n) is 7.60. The Bertz CT molecular complexity index is 1380. The summed E-state index contributed by atoms with van der Waals surface area (Å²) in [5.74, 6) is 0.764. The molecule has 0 amide bonds. The summed E-state index contributed by atoms with van der Waals surface area (Å²) in [5.41, 5.74) is 9.42. The molecule has 2 fully saturated rings. The van der Waals surface area contributed by atoms with E-state index in [4.69, 9.17) is 19.4 Å². The number of H-pyrrole nitrogens is 1. The van der Waals surface area contributed by atoms with Crippen molar-refractivity contribution in [1.29, 1.82) is 0 Å². The van der Waals surface area contributed by atoms with Crippen molar-refractivity contribution < 1.29 is 9.47 Å². The number of fused-ring (bicyclic) bond motifs is 4. The van der Waals surface area contributed by atoms with Crippen LogP contribution in [0.15, 0.2) is 42.6 Å². The fourth-order valence-corrected chi connectivity index (χ4v) is 5.86. The van der Waals surface area contributed by atoms with Crippen molar-refractivity contribution in [3.63, 3.8) is 0 Å². The number of ether oxygens (including phenoxy) is 2. The minimum Gasteiger partial charge on any atom is -0.494 e. The molecule has 4 aromatic rings. The van der Waals surface area contributed by atoms with Gasteiger partial charge in [-0.3, -0.25) is 15.0 Å². The summed E-state index contributed by atoms with van der Waals surface area (Å²) in [6, 6.07) is 13.3. The van der Waals surface area contributed by atoms with Crippen molar-refractivity contribution in [2.45, 2.75) is 44.4 Å². The third-order valence-corrected chi connectivity index (χ3v) is 7.60. The molecule has 2 saturated heterocycles. The van der Waals surface area contributed by atoms with Crippen LogP contribution >= 0.6 is 0 Å². The average Bonchev–Trinajstić information content (AvgIpc) is 3.67. The van der Waals surface area contributed by atoms with Crippen LogP contribution in [0.5, 0.6) is 5.75 Å². The van der Waals surface area contributed by atoms with Gasteiger partial charge in [0.05, 0.1) is 31.0 Å². The van der Waals surface area contributed by atoms with Gasteiger partial charge in [-0.05, 0) is 48.9 Å². The van der Waals surface area contributed by atoms with Gasteiger partial charge in [-0.2, -0.15) is 5.10 Å². The van der Waals surface area contributed by atoms with Crippen LogP contribution in [0.25, 0.3) is 33.5 Å². The molecule has 1 aliphatic carbocycles. The molecule has 2 atom stereocenters. The van der Waals surface area contributed by atoms with Gasteiger partial charge in [0, 0.05) is 42.5 Å². The van der Waals surface area contributed by atoms with E-state index in [2.05, 4.69) is 45.4 Å². The molecule has 3 aliphatic rings. The Morgan fingerprint density at radius 1 is 1.18 bits per heavy atom. The molecule has 34 heavy (non-hydrogen) atoms. The third kappa shape index (κ3) is 3.22. The molecule has 1 N–H and O–H groups in total. The van der Waals surface area contributed by atoms with Crippen LogP contribution in [0.3, 0.4) is 0 Å². The molecule has 7 heteroatoms. The molecule has 2 aliphatic heterocycles. The summed E-state index contributed by atoms with van der Waals surface area (Å²) in [4.78, 5) is 12.3.